The molecule has 1 aromatic carbocycles. The predicted molar refractivity (Wildman–Crippen MR) is 103 cm³/mol. The molecular formula is C21H35NO2. The summed E-state index contributed by atoms with van der Waals surface area (Å²) >= 11 is 0. The maximum atomic E-state index is 11.8. The summed E-state index contributed by atoms with van der Waals surface area (Å²) in [5.41, 5.74) is 3.10. The molecule has 0 saturated carbocycles. The van der Waals surface area contributed by atoms with Gasteiger partial charge in [-0.3, -0.25) is 5.32 Å². The summed E-state index contributed by atoms with van der Waals surface area (Å²) in [5, 5.41) is 2.83. The number of ether oxygens (including phenoxy) is 1. The molecule has 1 aromatic rings. The molecule has 0 aliphatic rings. The fourth-order valence-corrected chi connectivity index (χ4v) is 2.79. The summed E-state index contributed by atoms with van der Waals surface area (Å²) in [6.07, 6.45) is 12.5. The van der Waals surface area contributed by atoms with Crippen LogP contribution in [0.25, 0.3) is 0 Å². The number of amides is 1. The average Bonchev–Trinajstić information content (AvgIpc) is 2.57. The molecule has 0 heterocycles. The Morgan fingerprint density at radius 2 is 1.50 bits per heavy atom. The molecule has 1 amide bonds. The van der Waals surface area contributed by atoms with Gasteiger partial charge in [0.05, 0.1) is 6.61 Å². The molecule has 3 nitrogen and oxygen atoms in total. The van der Waals surface area contributed by atoms with Gasteiger partial charge in [-0.25, -0.2) is 4.79 Å². The van der Waals surface area contributed by atoms with Gasteiger partial charge in [0, 0.05) is 5.69 Å². The zero-order valence-corrected chi connectivity index (χ0v) is 15.8. The second kappa shape index (κ2) is 12.9. The summed E-state index contributed by atoms with van der Waals surface area (Å²) in [4.78, 5) is 11.8. The van der Waals surface area contributed by atoms with Crippen LogP contribution in [0.3, 0.4) is 0 Å². The largest absolute Gasteiger partial charge is 0.449 e. The Labute approximate surface area is 148 Å². The highest BCUT2D eigenvalue weighted by molar-refractivity contribution is 5.85. The molecule has 0 spiro atoms. The van der Waals surface area contributed by atoms with Crippen LogP contribution in [0.4, 0.5) is 10.5 Å². The number of rotatable bonds is 12. The fourth-order valence-electron chi connectivity index (χ4n) is 2.79. The Balaban J connectivity index is 1.99. The highest BCUT2D eigenvalue weighted by Crippen LogP contribution is 2.18. The predicted octanol–water partition coefficient (Wildman–Crippen LogP) is 6.77. The lowest BCUT2D eigenvalue weighted by Crippen LogP contribution is -2.15. The highest BCUT2D eigenvalue weighted by Gasteiger charge is 2.06. The highest BCUT2D eigenvalue weighted by atomic mass is 16.5. The molecule has 24 heavy (non-hydrogen) atoms. The summed E-state index contributed by atoms with van der Waals surface area (Å²) in [5.74, 6) is 0. The van der Waals surface area contributed by atoms with E-state index in [-0.39, 0.29) is 6.09 Å². The van der Waals surface area contributed by atoms with Crippen molar-refractivity contribution in [2.45, 2.75) is 85.0 Å². The van der Waals surface area contributed by atoms with Gasteiger partial charge in [0.2, 0.25) is 0 Å². The lowest BCUT2D eigenvalue weighted by molar-refractivity contribution is 0.159. The third kappa shape index (κ3) is 8.95. The van der Waals surface area contributed by atoms with Gasteiger partial charge in [0.25, 0.3) is 0 Å². The first-order chi connectivity index (χ1) is 11.6. The Hall–Kier alpha value is -1.51. The molecule has 0 atom stereocenters. The van der Waals surface area contributed by atoms with Crippen molar-refractivity contribution >= 4 is 11.8 Å². The standard InChI is InChI=1S/C21H35NO2/c1-4-5-6-7-8-9-10-11-12-13-17-24-21(23)22-20-16-14-15-18(2)19(20)3/h14-16H,4-13,17H2,1-3H3,(H,22,23). The molecule has 1 N–H and O–H groups in total. The molecule has 0 unspecified atom stereocenters. The Kier molecular flexibility index (Phi) is 11.0. The van der Waals surface area contributed by atoms with Gasteiger partial charge in [-0.2, -0.15) is 0 Å². The molecule has 0 aliphatic carbocycles. The van der Waals surface area contributed by atoms with E-state index in [9.17, 15) is 4.79 Å². The number of carbonyl (C=O) groups excluding carboxylic acids is 1. The van der Waals surface area contributed by atoms with Crippen molar-refractivity contribution < 1.29 is 9.53 Å². The van der Waals surface area contributed by atoms with Crippen LogP contribution in [0, 0.1) is 13.8 Å². The number of benzene rings is 1. The smallest absolute Gasteiger partial charge is 0.411 e. The number of anilines is 1. The van der Waals surface area contributed by atoms with Gasteiger partial charge >= 0.3 is 6.09 Å². The van der Waals surface area contributed by atoms with Crippen LogP contribution in [0.5, 0.6) is 0 Å². The maximum absolute atomic E-state index is 11.8. The molecular weight excluding hydrogens is 298 g/mol. The molecule has 0 fully saturated rings. The van der Waals surface area contributed by atoms with E-state index in [1.807, 2.05) is 32.0 Å². The van der Waals surface area contributed by atoms with Crippen molar-refractivity contribution in [3.8, 4) is 0 Å². The van der Waals surface area contributed by atoms with E-state index >= 15 is 0 Å². The summed E-state index contributed by atoms with van der Waals surface area (Å²) in [7, 11) is 0. The van der Waals surface area contributed by atoms with Crippen LogP contribution in [-0.4, -0.2) is 12.7 Å². The number of unbranched alkanes of at least 4 members (excludes halogenated alkanes) is 9. The number of carbonyl (C=O) groups is 1. The van der Waals surface area contributed by atoms with Crippen LogP contribution < -0.4 is 5.32 Å². The zero-order chi connectivity index (χ0) is 17.6. The van der Waals surface area contributed by atoms with Crippen molar-refractivity contribution in [2.75, 3.05) is 11.9 Å². The normalized spacial score (nSPS) is 10.6. The van der Waals surface area contributed by atoms with E-state index in [2.05, 4.69) is 12.2 Å². The van der Waals surface area contributed by atoms with Gasteiger partial charge in [-0.05, 0) is 37.5 Å². The minimum Gasteiger partial charge on any atom is -0.449 e. The van der Waals surface area contributed by atoms with Gasteiger partial charge in [-0.15, -0.1) is 0 Å². The van der Waals surface area contributed by atoms with E-state index < -0.39 is 0 Å². The molecule has 0 aliphatic heterocycles. The lowest BCUT2D eigenvalue weighted by Gasteiger charge is -2.10. The maximum Gasteiger partial charge on any atom is 0.411 e. The minimum atomic E-state index is -0.348. The molecule has 0 bridgehead atoms. The van der Waals surface area contributed by atoms with Crippen LogP contribution in [0.2, 0.25) is 0 Å². The molecule has 1 rings (SSSR count). The fraction of sp³-hybridized carbons (Fsp3) is 0.667. The first-order valence-corrected chi connectivity index (χ1v) is 9.65. The number of nitrogens with one attached hydrogen (secondary N) is 1. The van der Waals surface area contributed by atoms with Crippen LogP contribution in [0.1, 0.15) is 82.3 Å². The molecule has 0 radical (unpaired) electrons. The van der Waals surface area contributed by atoms with E-state index in [1.165, 1.54) is 56.9 Å². The molecule has 3 heteroatoms. The monoisotopic (exact) mass is 333 g/mol. The Morgan fingerprint density at radius 1 is 0.917 bits per heavy atom. The van der Waals surface area contributed by atoms with Crippen molar-refractivity contribution in [1.29, 1.82) is 0 Å². The third-order valence-electron chi connectivity index (χ3n) is 4.57. The quantitative estimate of drug-likeness (QED) is 0.428. The van der Waals surface area contributed by atoms with E-state index in [0.29, 0.717) is 6.61 Å². The van der Waals surface area contributed by atoms with Crippen LogP contribution in [-0.2, 0) is 4.74 Å². The summed E-state index contributed by atoms with van der Waals surface area (Å²) < 4.78 is 5.26. The summed E-state index contributed by atoms with van der Waals surface area (Å²) in [6, 6.07) is 5.89. The minimum absolute atomic E-state index is 0.348. The lowest BCUT2D eigenvalue weighted by atomic mass is 10.1. The van der Waals surface area contributed by atoms with Gasteiger partial charge in [-0.1, -0.05) is 76.8 Å². The van der Waals surface area contributed by atoms with Gasteiger partial charge in [0.15, 0.2) is 0 Å². The second-order valence-electron chi connectivity index (χ2n) is 6.69. The third-order valence-corrected chi connectivity index (χ3v) is 4.57. The van der Waals surface area contributed by atoms with E-state index in [0.717, 1.165) is 24.1 Å². The average molecular weight is 334 g/mol. The first kappa shape index (κ1) is 20.5. The number of hydrogen-bond donors (Lipinski definition) is 1. The van der Waals surface area contributed by atoms with Gasteiger partial charge < -0.3 is 4.74 Å². The Morgan fingerprint density at radius 3 is 2.12 bits per heavy atom. The molecule has 0 saturated heterocycles. The van der Waals surface area contributed by atoms with Crippen molar-refractivity contribution in [3.63, 3.8) is 0 Å². The van der Waals surface area contributed by atoms with E-state index in [4.69, 9.17) is 4.74 Å². The Bertz CT molecular complexity index is 471. The topological polar surface area (TPSA) is 38.3 Å². The molecule has 136 valence electrons. The van der Waals surface area contributed by atoms with E-state index in [1.54, 1.807) is 0 Å². The first-order valence-electron chi connectivity index (χ1n) is 9.65. The van der Waals surface area contributed by atoms with Crippen molar-refractivity contribution in [1.82, 2.24) is 0 Å². The van der Waals surface area contributed by atoms with Gasteiger partial charge in [0.1, 0.15) is 0 Å². The number of aryl methyl sites for hydroxylation is 1. The van der Waals surface area contributed by atoms with Crippen molar-refractivity contribution in [3.05, 3.63) is 29.3 Å². The molecule has 0 aromatic heterocycles. The second-order valence-corrected chi connectivity index (χ2v) is 6.69. The number of hydrogen-bond acceptors (Lipinski definition) is 2. The van der Waals surface area contributed by atoms with Crippen LogP contribution >= 0.6 is 0 Å². The summed E-state index contributed by atoms with van der Waals surface area (Å²) in [6.45, 7) is 6.81. The SMILES string of the molecule is CCCCCCCCCCCCOC(=O)Nc1cccc(C)c1C. The van der Waals surface area contributed by atoms with Crippen LogP contribution in [0.15, 0.2) is 18.2 Å². The van der Waals surface area contributed by atoms with Crippen molar-refractivity contribution in [2.24, 2.45) is 0 Å². The zero-order valence-electron chi connectivity index (χ0n) is 15.8.